The zero-order chi connectivity index (χ0) is 6.53. The van der Waals surface area contributed by atoms with Crippen LogP contribution in [0.15, 0.2) is 16.9 Å². The molecular formula is C5H6N2O2. The van der Waals surface area contributed by atoms with Crippen LogP contribution < -0.4 is 5.32 Å². The molecule has 1 amide bonds. The van der Waals surface area contributed by atoms with E-state index in [0.29, 0.717) is 18.8 Å². The Bertz CT molecular complexity index is 171. The summed E-state index contributed by atoms with van der Waals surface area (Å²) in [5.74, 6) is 0.516. The predicted molar refractivity (Wildman–Crippen MR) is 29.4 cm³/mol. The minimum atomic E-state index is 0.358. The monoisotopic (exact) mass is 126 g/mol. The van der Waals surface area contributed by atoms with E-state index in [9.17, 15) is 4.79 Å². The van der Waals surface area contributed by atoms with Gasteiger partial charge in [0.05, 0.1) is 12.7 Å². The van der Waals surface area contributed by atoms with Crippen LogP contribution in [-0.4, -0.2) is 11.4 Å². The molecule has 0 unspecified atom stereocenters. The van der Waals surface area contributed by atoms with Crippen molar-refractivity contribution in [3.05, 3.63) is 18.4 Å². The van der Waals surface area contributed by atoms with Gasteiger partial charge in [0.15, 0.2) is 0 Å². The Morgan fingerprint density at radius 3 is 3.33 bits per heavy atom. The van der Waals surface area contributed by atoms with Gasteiger partial charge in [0.2, 0.25) is 12.3 Å². The second-order valence-electron chi connectivity index (χ2n) is 1.42. The van der Waals surface area contributed by atoms with Crippen LogP contribution in [0.3, 0.4) is 0 Å². The Balaban J connectivity index is 2.38. The highest BCUT2D eigenvalue weighted by atomic mass is 16.3. The van der Waals surface area contributed by atoms with E-state index in [4.69, 9.17) is 4.42 Å². The molecule has 48 valence electrons. The van der Waals surface area contributed by atoms with E-state index >= 15 is 0 Å². The maximum Gasteiger partial charge on any atom is 0.213 e. The number of nitrogens with zero attached hydrogens (tertiary/aromatic N) is 1. The molecule has 0 aromatic carbocycles. The molecule has 4 heteroatoms. The van der Waals surface area contributed by atoms with Gasteiger partial charge in [-0.05, 0) is 0 Å². The van der Waals surface area contributed by atoms with Crippen LogP contribution in [-0.2, 0) is 11.3 Å². The third-order valence-electron chi connectivity index (χ3n) is 0.820. The van der Waals surface area contributed by atoms with Crippen molar-refractivity contribution in [2.75, 3.05) is 0 Å². The number of rotatable bonds is 3. The molecule has 0 saturated heterocycles. The summed E-state index contributed by atoms with van der Waals surface area (Å²) in [7, 11) is 0. The van der Waals surface area contributed by atoms with Crippen molar-refractivity contribution in [3.8, 4) is 0 Å². The van der Waals surface area contributed by atoms with E-state index in [1.165, 1.54) is 12.5 Å². The van der Waals surface area contributed by atoms with Crippen molar-refractivity contribution in [1.82, 2.24) is 10.3 Å². The van der Waals surface area contributed by atoms with Gasteiger partial charge in [-0.25, -0.2) is 4.98 Å². The van der Waals surface area contributed by atoms with Gasteiger partial charge in [0.1, 0.15) is 6.26 Å². The zero-order valence-corrected chi connectivity index (χ0v) is 4.70. The lowest BCUT2D eigenvalue weighted by Gasteiger charge is -1.88. The topological polar surface area (TPSA) is 55.1 Å². The normalized spacial score (nSPS) is 8.89. The number of oxazole rings is 1. The van der Waals surface area contributed by atoms with Crippen molar-refractivity contribution >= 4 is 6.41 Å². The molecule has 1 rings (SSSR count). The fraction of sp³-hybridized carbons (Fsp3) is 0.200. The van der Waals surface area contributed by atoms with Crippen LogP contribution in [0.2, 0.25) is 0 Å². The van der Waals surface area contributed by atoms with E-state index in [0.717, 1.165) is 0 Å². The van der Waals surface area contributed by atoms with Crippen LogP contribution in [0.25, 0.3) is 0 Å². The molecular weight excluding hydrogens is 120 g/mol. The van der Waals surface area contributed by atoms with Crippen LogP contribution >= 0.6 is 0 Å². The first-order chi connectivity index (χ1) is 4.43. The van der Waals surface area contributed by atoms with Gasteiger partial charge in [-0.1, -0.05) is 0 Å². The highest BCUT2D eigenvalue weighted by molar-refractivity contribution is 5.45. The first-order valence-electron chi connectivity index (χ1n) is 2.49. The second-order valence-corrected chi connectivity index (χ2v) is 1.42. The van der Waals surface area contributed by atoms with E-state index < -0.39 is 0 Å². The summed E-state index contributed by atoms with van der Waals surface area (Å²) < 4.78 is 4.80. The highest BCUT2D eigenvalue weighted by Crippen LogP contribution is 1.90. The number of aromatic nitrogens is 1. The quantitative estimate of drug-likeness (QED) is 0.576. The lowest BCUT2D eigenvalue weighted by atomic mass is 10.6. The Morgan fingerprint density at radius 1 is 1.89 bits per heavy atom. The van der Waals surface area contributed by atoms with Gasteiger partial charge in [0.25, 0.3) is 0 Å². The van der Waals surface area contributed by atoms with Crippen molar-refractivity contribution in [2.45, 2.75) is 6.54 Å². The highest BCUT2D eigenvalue weighted by Gasteiger charge is 1.91. The largest absolute Gasteiger partial charge is 0.447 e. The van der Waals surface area contributed by atoms with Crippen LogP contribution in [0.4, 0.5) is 0 Å². The maximum atomic E-state index is 9.72. The molecule has 0 atom stereocenters. The van der Waals surface area contributed by atoms with Crippen molar-refractivity contribution in [1.29, 1.82) is 0 Å². The summed E-state index contributed by atoms with van der Waals surface area (Å²) in [6, 6.07) is 0. The fourth-order valence-electron chi connectivity index (χ4n) is 0.469. The number of nitrogens with one attached hydrogen (secondary N) is 1. The Labute approximate surface area is 51.9 Å². The van der Waals surface area contributed by atoms with Gasteiger partial charge >= 0.3 is 0 Å². The van der Waals surface area contributed by atoms with Crippen molar-refractivity contribution in [3.63, 3.8) is 0 Å². The third kappa shape index (κ3) is 1.56. The summed E-state index contributed by atoms with van der Waals surface area (Å²) >= 11 is 0. The lowest BCUT2D eigenvalue weighted by molar-refractivity contribution is -0.109. The molecule has 0 spiro atoms. The molecule has 0 aliphatic carbocycles. The molecule has 0 saturated carbocycles. The summed E-state index contributed by atoms with van der Waals surface area (Å²) in [5, 5.41) is 2.41. The summed E-state index contributed by atoms with van der Waals surface area (Å²) in [6.07, 6.45) is 3.59. The average Bonchev–Trinajstić information content (AvgIpc) is 2.34. The van der Waals surface area contributed by atoms with E-state index in [1.807, 2.05) is 0 Å². The third-order valence-corrected chi connectivity index (χ3v) is 0.820. The zero-order valence-electron chi connectivity index (χ0n) is 4.70. The predicted octanol–water partition coefficient (Wildman–Crippen LogP) is -0.0794. The van der Waals surface area contributed by atoms with Crippen LogP contribution in [0, 0.1) is 0 Å². The molecule has 4 nitrogen and oxygen atoms in total. The van der Waals surface area contributed by atoms with Crippen LogP contribution in [0.1, 0.15) is 5.89 Å². The maximum absolute atomic E-state index is 9.72. The molecule has 0 radical (unpaired) electrons. The molecule has 1 aromatic heterocycles. The average molecular weight is 126 g/mol. The Kier molecular flexibility index (Phi) is 1.85. The SMILES string of the molecule is O=CNCc1ncco1. The minimum Gasteiger partial charge on any atom is -0.447 e. The molecule has 0 aliphatic heterocycles. The standard InChI is InChI=1S/C5H6N2O2/c8-4-6-3-5-7-1-2-9-5/h1-2,4H,3H2,(H,6,8). The summed E-state index contributed by atoms with van der Waals surface area (Å²) in [5.41, 5.74) is 0. The summed E-state index contributed by atoms with van der Waals surface area (Å²) in [6.45, 7) is 0.358. The van der Waals surface area contributed by atoms with Gasteiger partial charge in [0, 0.05) is 0 Å². The first kappa shape index (κ1) is 5.81. The van der Waals surface area contributed by atoms with E-state index in [1.54, 1.807) is 0 Å². The number of hydrogen-bond acceptors (Lipinski definition) is 3. The van der Waals surface area contributed by atoms with Gasteiger partial charge in [-0.2, -0.15) is 0 Å². The summed E-state index contributed by atoms with van der Waals surface area (Å²) in [4.78, 5) is 13.5. The lowest BCUT2D eigenvalue weighted by Crippen LogP contribution is -2.09. The molecule has 9 heavy (non-hydrogen) atoms. The minimum absolute atomic E-state index is 0.358. The first-order valence-corrected chi connectivity index (χ1v) is 2.49. The van der Waals surface area contributed by atoms with Gasteiger partial charge in [-0.15, -0.1) is 0 Å². The van der Waals surface area contributed by atoms with Gasteiger partial charge in [-0.3, -0.25) is 4.79 Å². The number of amides is 1. The second kappa shape index (κ2) is 2.86. The molecule has 0 aliphatic rings. The fourth-order valence-corrected chi connectivity index (χ4v) is 0.469. The van der Waals surface area contributed by atoms with Crippen LogP contribution in [0.5, 0.6) is 0 Å². The molecule has 0 fully saturated rings. The van der Waals surface area contributed by atoms with E-state index in [-0.39, 0.29) is 0 Å². The molecule has 1 N–H and O–H groups in total. The number of carbonyl (C=O) groups is 1. The van der Waals surface area contributed by atoms with Crippen molar-refractivity contribution in [2.24, 2.45) is 0 Å². The molecule has 1 aromatic rings. The molecule has 1 heterocycles. The van der Waals surface area contributed by atoms with E-state index in [2.05, 4.69) is 10.3 Å². The Hall–Kier alpha value is -1.32. The van der Waals surface area contributed by atoms with Crippen molar-refractivity contribution < 1.29 is 9.21 Å². The van der Waals surface area contributed by atoms with Gasteiger partial charge < -0.3 is 9.73 Å². The molecule has 0 bridgehead atoms. The number of hydrogen-bond donors (Lipinski definition) is 1. The smallest absolute Gasteiger partial charge is 0.213 e. The number of carbonyl (C=O) groups excluding carboxylic acids is 1. The Morgan fingerprint density at radius 2 is 2.78 bits per heavy atom.